The van der Waals surface area contributed by atoms with Gasteiger partial charge < -0.3 is 28.2 Å². The monoisotopic (exact) mass is 474 g/mol. The third kappa shape index (κ3) is 4.56. The van der Waals surface area contributed by atoms with Gasteiger partial charge in [0.2, 0.25) is 0 Å². The van der Waals surface area contributed by atoms with Crippen LogP contribution in [-0.2, 0) is 39.4 Å². The van der Waals surface area contributed by atoms with Gasteiger partial charge in [0.25, 0.3) is 7.37 Å². The fourth-order valence-electron chi connectivity index (χ4n) is 4.74. The third-order valence-corrected chi connectivity index (χ3v) is 8.85. The Hall–Kier alpha value is -1.57. The van der Waals surface area contributed by atoms with Crippen molar-refractivity contribution in [3.8, 4) is 0 Å². The van der Waals surface area contributed by atoms with E-state index in [1.54, 1.807) is 0 Å². The third-order valence-electron chi connectivity index (χ3n) is 6.16. The quantitative estimate of drug-likeness (QED) is 0.602. The standard InChI is InChI=1S/C25H31O7P/c1-24(2)28-16-19(29-24)20-21-22(31-25(3,4)30-21)23(27-15-17-11-7-5-8-12-17)33(26,32-20)18-13-9-6-10-14-18/h5-14,19-23H,15-16H2,1-4H3/t19-,20-,21+,22+,23-,33?/m1/s1. The molecule has 0 bridgehead atoms. The molecule has 5 rings (SSSR count). The second-order valence-electron chi connectivity index (χ2n) is 9.62. The maximum atomic E-state index is 14.7. The topological polar surface area (TPSA) is 72.5 Å². The zero-order valence-electron chi connectivity index (χ0n) is 19.4. The Balaban J connectivity index is 1.53. The second-order valence-corrected chi connectivity index (χ2v) is 12.1. The van der Waals surface area contributed by atoms with E-state index < -0.39 is 49.2 Å². The van der Waals surface area contributed by atoms with Crippen molar-refractivity contribution in [3.05, 3.63) is 66.2 Å². The lowest BCUT2D eigenvalue weighted by molar-refractivity contribution is -0.174. The molecule has 0 saturated carbocycles. The van der Waals surface area contributed by atoms with Gasteiger partial charge in [-0.05, 0) is 45.4 Å². The van der Waals surface area contributed by atoms with Crippen molar-refractivity contribution in [1.29, 1.82) is 0 Å². The van der Waals surface area contributed by atoms with Gasteiger partial charge >= 0.3 is 0 Å². The molecule has 1 unspecified atom stereocenters. The number of ether oxygens (including phenoxy) is 5. The Morgan fingerprint density at radius 3 is 2.12 bits per heavy atom. The summed E-state index contributed by atoms with van der Waals surface area (Å²) in [7, 11) is -3.55. The van der Waals surface area contributed by atoms with E-state index in [9.17, 15) is 4.57 Å². The highest BCUT2D eigenvalue weighted by atomic mass is 31.2. The summed E-state index contributed by atoms with van der Waals surface area (Å²) >= 11 is 0. The minimum atomic E-state index is -3.55. The molecule has 3 aliphatic heterocycles. The normalized spacial score (nSPS) is 37.0. The van der Waals surface area contributed by atoms with Crippen LogP contribution in [0.15, 0.2) is 60.7 Å². The fourth-order valence-corrected chi connectivity index (χ4v) is 7.36. The SMILES string of the molecule is CC1(C)O[C@H]2[C@@H]([C@H]3COC(C)(C)O3)OP(=O)(c3ccccc3)[C@@H](OCc3ccccc3)[C@H]2O1. The van der Waals surface area contributed by atoms with Gasteiger partial charge in [-0.1, -0.05) is 48.5 Å². The Labute approximate surface area is 194 Å². The van der Waals surface area contributed by atoms with Gasteiger partial charge in [-0.2, -0.15) is 0 Å². The van der Waals surface area contributed by atoms with E-state index in [-0.39, 0.29) is 6.61 Å². The molecule has 0 spiro atoms. The van der Waals surface area contributed by atoms with E-state index in [1.165, 1.54) is 0 Å². The predicted molar refractivity (Wildman–Crippen MR) is 122 cm³/mol. The summed E-state index contributed by atoms with van der Waals surface area (Å²) < 4.78 is 52.0. The Morgan fingerprint density at radius 1 is 0.848 bits per heavy atom. The summed E-state index contributed by atoms with van der Waals surface area (Å²) in [6, 6.07) is 19.0. The first-order valence-corrected chi connectivity index (χ1v) is 13.0. The van der Waals surface area contributed by atoms with Crippen LogP contribution in [0.25, 0.3) is 0 Å². The minimum Gasteiger partial charge on any atom is -0.360 e. The molecule has 2 aromatic rings. The van der Waals surface area contributed by atoms with Crippen molar-refractivity contribution >= 4 is 12.7 Å². The summed E-state index contributed by atoms with van der Waals surface area (Å²) in [6.07, 6.45) is -2.20. The van der Waals surface area contributed by atoms with Gasteiger partial charge in [-0.15, -0.1) is 0 Å². The number of rotatable bonds is 5. The van der Waals surface area contributed by atoms with Crippen LogP contribution >= 0.6 is 7.37 Å². The first kappa shape index (κ1) is 23.2. The molecule has 3 heterocycles. The zero-order valence-corrected chi connectivity index (χ0v) is 20.3. The summed E-state index contributed by atoms with van der Waals surface area (Å²) in [5.74, 6) is -2.47. The van der Waals surface area contributed by atoms with Crippen LogP contribution in [0.2, 0.25) is 0 Å². The first-order valence-electron chi connectivity index (χ1n) is 11.3. The van der Waals surface area contributed by atoms with Crippen LogP contribution in [-0.4, -0.2) is 48.4 Å². The van der Waals surface area contributed by atoms with Crippen molar-refractivity contribution in [3.63, 3.8) is 0 Å². The van der Waals surface area contributed by atoms with Crippen molar-refractivity contribution in [2.24, 2.45) is 0 Å². The van der Waals surface area contributed by atoms with Gasteiger partial charge in [0.05, 0.1) is 13.2 Å². The number of benzene rings is 2. The molecule has 3 saturated heterocycles. The number of fused-ring (bicyclic) bond motifs is 1. The smallest absolute Gasteiger partial charge is 0.263 e. The van der Waals surface area contributed by atoms with E-state index >= 15 is 0 Å². The van der Waals surface area contributed by atoms with Crippen molar-refractivity contribution in [2.75, 3.05) is 6.61 Å². The van der Waals surface area contributed by atoms with Crippen LogP contribution in [0, 0.1) is 0 Å². The van der Waals surface area contributed by atoms with Gasteiger partial charge in [0.1, 0.15) is 24.4 Å². The van der Waals surface area contributed by atoms with Crippen LogP contribution in [0.4, 0.5) is 0 Å². The van der Waals surface area contributed by atoms with Gasteiger partial charge in [0, 0.05) is 5.30 Å². The second kappa shape index (κ2) is 8.58. The summed E-state index contributed by atoms with van der Waals surface area (Å²) in [5.41, 5.74) is 0.975. The molecular formula is C25H31O7P. The van der Waals surface area contributed by atoms with Crippen LogP contribution in [0.3, 0.4) is 0 Å². The molecule has 7 nitrogen and oxygen atoms in total. The van der Waals surface area contributed by atoms with Crippen molar-refractivity contribution in [1.82, 2.24) is 0 Å². The van der Waals surface area contributed by atoms with Crippen LogP contribution < -0.4 is 5.30 Å². The molecule has 2 aromatic carbocycles. The van der Waals surface area contributed by atoms with Gasteiger partial charge in [-0.3, -0.25) is 4.57 Å². The highest BCUT2D eigenvalue weighted by molar-refractivity contribution is 7.67. The molecule has 33 heavy (non-hydrogen) atoms. The average Bonchev–Trinajstić information content (AvgIpc) is 3.31. The first-order chi connectivity index (χ1) is 15.7. The van der Waals surface area contributed by atoms with Crippen molar-refractivity contribution in [2.45, 2.75) is 76.1 Å². The average molecular weight is 474 g/mol. The van der Waals surface area contributed by atoms with Gasteiger partial charge in [0.15, 0.2) is 17.4 Å². The summed E-state index contributed by atoms with van der Waals surface area (Å²) in [4.78, 5) is 0. The number of hydrogen-bond acceptors (Lipinski definition) is 7. The largest absolute Gasteiger partial charge is 0.360 e. The van der Waals surface area contributed by atoms with Crippen molar-refractivity contribution < 1.29 is 32.8 Å². The molecular weight excluding hydrogens is 443 g/mol. The molecule has 0 aromatic heterocycles. The lowest BCUT2D eigenvalue weighted by Gasteiger charge is -2.43. The highest BCUT2D eigenvalue weighted by Gasteiger charge is 2.63. The molecule has 0 radical (unpaired) electrons. The zero-order chi connectivity index (χ0) is 23.3. The molecule has 0 amide bonds. The van der Waals surface area contributed by atoms with E-state index in [2.05, 4.69) is 0 Å². The lowest BCUT2D eigenvalue weighted by atomic mass is 10.0. The van der Waals surface area contributed by atoms with Crippen LogP contribution in [0.1, 0.15) is 33.3 Å². The maximum absolute atomic E-state index is 14.7. The van der Waals surface area contributed by atoms with E-state index in [0.29, 0.717) is 11.9 Å². The Bertz CT molecular complexity index is 1010. The lowest BCUT2D eigenvalue weighted by Crippen LogP contribution is -2.55. The van der Waals surface area contributed by atoms with Crippen LogP contribution in [0.5, 0.6) is 0 Å². The number of hydrogen-bond donors (Lipinski definition) is 0. The molecule has 3 fully saturated rings. The predicted octanol–water partition coefficient (Wildman–Crippen LogP) is 4.20. The maximum Gasteiger partial charge on any atom is 0.263 e. The Kier molecular flexibility index (Phi) is 6.03. The molecule has 178 valence electrons. The molecule has 0 N–H and O–H groups in total. The van der Waals surface area contributed by atoms with E-state index in [4.69, 9.17) is 28.2 Å². The molecule has 6 atom stereocenters. The molecule has 8 heteroatoms. The van der Waals surface area contributed by atoms with E-state index in [0.717, 1.165) is 5.56 Å². The minimum absolute atomic E-state index is 0.277. The van der Waals surface area contributed by atoms with E-state index in [1.807, 2.05) is 88.4 Å². The highest BCUT2D eigenvalue weighted by Crippen LogP contribution is 2.61. The summed E-state index contributed by atoms with van der Waals surface area (Å²) in [6.45, 7) is 7.99. The van der Waals surface area contributed by atoms with Gasteiger partial charge in [-0.25, -0.2) is 0 Å². The molecule has 0 aliphatic carbocycles. The summed E-state index contributed by atoms with van der Waals surface area (Å²) in [5, 5.41) is 0.581. The molecule has 3 aliphatic rings. The fraction of sp³-hybridized carbons (Fsp3) is 0.520. The Morgan fingerprint density at radius 2 is 1.48 bits per heavy atom.